The van der Waals surface area contributed by atoms with E-state index < -0.39 is 0 Å². The first-order chi connectivity index (χ1) is 12.3. The Bertz CT molecular complexity index is 854. The quantitative estimate of drug-likeness (QED) is 0.763. The topological polar surface area (TPSA) is 86.8 Å². The highest BCUT2D eigenvalue weighted by atomic mass is 16.2. The predicted molar refractivity (Wildman–Crippen MR) is 95.2 cm³/mol. The highest BCUT2D eigenvalue weighted by Gasteiger charge is 2.23. The average Bonchev–Trinajstić information content (AvgIpc) is 3.16. The lowest BCUT2D eigenvalue weighted by molar-refractivity contribution is 0.0695. The smallest absolute Gasteiger partial charge is 0.253 e. The van der Waals surface area contributed by atoms with Crippen LogP contribution in [0.5, 0.6) is 0 Å². The molecule has 0 radical (unpaired) electrons. The summed E-state index contributed by atoms with van der Waals surface area (Å²) >= 11 is 0. The molecular formula is C18H20N6O. The Morgan fingerprint density at radius 3 is 2.80 bits per heavy atom. The Kier molecular flexibility index (Phi) is 4.28. The van der Waals surface area contributed by atoms with Crippen molar-refractivity contribution in [1.82, 2.24) is 25.1 Å². The number of amides is 1. The van der Waals surface area contributed by atoms with Crippen LogP contribution in [0.4, 0.5) is 5.82 Å². The highest BCUT2D eigenvalue weighted by Crippen LogP contribution is 2.21. The van der Waals surface area contributed by atoms with Gasteiger partial charge in [-0.05, 0) is 30.9 Å². The van der Waals surface area contributed by atoms with Crippen LogP contribution >= 0.6 is 0 Å². The number of carbonyl (C=O) groups excluding carboxylic acids is 1. The van der Waals surface area contributed by atoms with E-state index in [4.69, 9.17) is 0 Å². The van der Waals surface area contributed by atoms with Crippen molar-refractivity contribution < 1.29 is 4.79 Å². The molecule has 3 aromatic rings. The van der Waals surface area contributed by atoms with Gasteiger partial charge in [0, 0.05) is 25.2 Å². The molecule has 2 aromatic heterocycles. The predicted octanol–water partition coefficient (Wildman–Crippen LogP) is 2.32. The summed E-state index contributed by atoms with van der Waals surface area (Å²) in [5.74, 6) is 1.46. The molecule has 0 bridgehead atoms. The molecule has 7 nitrogen and oxygen atoms in total. The van der Waals surface area contributed by atoms with Crippen molar-refractivity contribution >= 4 is 22.8 Å². The van der Waals surface area contributed by atoms with Gasteiger partial charge in [-0.25, -0.2) is 9.97 Å². The number of nitrogens with zero attached hydrogens (tertiary/aromatic N) is 4. The second-order valence-electron chi connectivity index (χ2n) is 6.34. The Hall–Kier alpha value is -2.96. The number of likely N-dealkylation sites (tertiary alicyclic amines) is 1. The van der Waals surface area contributed by atoms with Gasteiger partial charge in [-0.15, -0.1) is 0 Å². The minimum Gasteiger partial charge on any atom is -0.369 e. The number of piperidine rings is 1. The van der Waals surface area contributed by atoms with Gasteiger partial charge in [0.15, 0.2) is 5.65 Å². The molecule has 1 aliphatic rings. The van der Waals surface area contributed by atoms with Gasteiger partial charge in [0.2, 0.25) is 0 Å². The van der Waals surface area contributed by atoms with Crippen molar-refractivity contribution in [1.29, 1.82) is 0 Å². The number of aromatic amines is 1. The minimum absolute atomic E-state index is 0.128. The van der Waals surface area contributed by atoms with Gasteiger partial charge in [-0.1, -0.05) is 18.2 Å². The molecule has 7 heteroatoms. The molecule has 1 saturated heterocycles. The molecule has 2 N–H and O–H groups in total. The van der Waals surface area contributed by atoms with E-state index in [0.717, 1.165) is 54.9 Å². The summed E-state index contributed by atoms with van der Waals surface area (Å²) in [7, 11) is 0. The van der Waals surface area contributed by atoms with Crippen molar-refractivity contribution in [3.8, 4) is 0 Å². The van der Waals surface area contributed by atoms with Crippen LogP contribution in [0.25, 0.3) is 11.0 Å². The van der Waals surface area contributed by atoms with E-state index in [2.05, 4.69) is 25.5 Å². The number of H-pyrrole nitrogens is 1. The largest absolute Gasteiger partial charge is 0.369 e. The van der Waals surface area contributed by atoms with Gasteiger partial charge in [-0.3, -0.25) is 9.89 Å². The number of hydrogen-bond acceptors (Lipinski definition) is 5. The maximum Gasteiger partial charge on any atom is 0.253 e. The second kappa shape index (κ2) is 6.88. The minimum atomic E-state index is 0.128. The lowest BCUT2D eigenvalue weighted by Crippen LogP contribution is -2.39. The van der Waals surface area contributed by atoms with Gasteiger partial charge in [0.05, 0.1) is 11.6 Å². The summed E-state index contributed by atoms with van der Waals surface area (Å²) < 4.78 is 0. The molecule has 3 heterocycles. The fourth-order valence-corrected chi connectivity index (χ4v) is 3.25. The Labute approximate surface area is 145 Å². The number of nitrogens with one attached hydrogen (secondary N) is 2. The summed E-state index contributed by atoms with van der Waals surface area (Å²) in [5, 5.41) is 11.2. The SMILES string of the molecule is O=C(c1ccccc1)N1CCC(CNc2ncnc3[nH]ncc23)CC1. The summed E-state index contributed by atoms with van der Waals surface area (Å²) in [4.78, 5) is 22.9. The van der Waals surface area contributed by atoms with Gasteiger partial charge >= 0.3 is 0 Å². The van der Waals surface area contributed by atoms with Gasteiger partial charge in [0.25, 0.3) is 5.91 Å². The van der Waals surface area contributed by atoms with Crippen molar-refractivity contribution in [3.05, 3.63) is 48.4 Å². The molecule has 4 rings (SSSR count). The Balaban J connectivity index is 1.32. The summed E-state index contributed by atoms with van der Waals surface area (Å²) in [6.07, 6.45) is 5.25. The van der Waals surface area contributed by atoms with Crippen LogP contribution in [0.3, 0.4) is 0 Å². The average molecular weight is 336 g/mol. The van der Waals surface area contributed by atoms with Crippen LogP contribution in [-0.2, 0) is 0 Å². The molecule has 0 unspecified atom stereocenters. The van der Waals surface area contributed by atoms with Crippen LogP contribution in [0.2, 0.25) is 0 Å². The standard InChI is InChI=1S/C18H20N6O/c25-18(14-4-2-1-3-5-14)24-8-6-13(7-9-24)10-19-16-15-11-22-23-17(15)21-12-20-16/h1-5,11-13H,6-10H2,(H2,19,20,21,22,23). The molecule has 0 atom stereocenters. The molecule has 25 heavy (non-hydrogen) atoms. The van der Waals surface area contributed by atoms with Crippen molar-refractivity contribution in [3.63, 3.8) is 0 Å². The van der Waals surface area contributed by atoms with Gasteiger partial charge in [0.1, 0.15) is 12.1 Å². The van der Waals surface area contributed by atoms with E-state index in [1.165, 1.54) is 6.33 Å². The molecule has 0 saturated carbocycles. The van der Waals surface area contributed by atoms with Crippen LogP contribution in [0.15, 0.2) is 42.9 Å². The van der Waals surface area contributed by atoms with E-state index in [1.54, 1.807) is 6.20 Å². The van der Waals surface area contributed by atoms with Gasteiger partial charge in [-0.2, -0.15) is 5.10 Å². The van der Waals surface area contributed by atoms with E-state index in [9.17, 15) is 4.79 Å². The first-order valence-electron chi connectivity index (χ1n) is 8.53. The number of aromatic nitrogens is 4. The fraction of sp³-hybridized carbons (Fsp3) is 0.333. The molecule has 0 aliphatic carbocycles. The molecule has 1 aliphatic heterocycles. The molecular weight excluding hydrogens is 316 g/mol. The number of carbonyl (C=O) groups is 1. The number of rotatable bonds is 4. The summed E-state index contributed by atoms with van der Waals surface area (Å²) in [6.45, 7) is 2.43. The van der Waals surface area contributed by atoms with E-state index in [1.807, 2.05) is 35.2 Å². The van der Waals surface area contributed by atoms with Crippen molar-refractivity contribution in [2.75, 3.05) is 25.0 Å². The number of fused-ring (bicyclic) bond motifs is 1. The zero-order valence-corrected chi connectivity index (χ0v) is 13.9. The van der Waals surface area contributed by atoms with Crippen LogP contribution in [-0.4, -0.2) is 50.6 Å². The number of anilines is 1. The second-order valence-corrected chi connectivity index (χ2v) is 6.34. The first-order valence-corrected chi connectivity index (χ1v) is 8.53. The summed E-state index contributed by atoms with van der Waals surface area (Å²) in [5.41, 5.74) is 1.50. The first kappa shape index (κ1) is 15.6. The third-order valence-corrected chi connectivity index (χ3v) is 4.73. The van der Waals surface area contributed by atoms with Crippen LogP contribution in [0, 0.1) is 5.92 Å². The van der Waals surface area contributed by atoms with Crippen LogP contribution in [0.1, 0.15) is 23.2 Å². The lowest BCUT2D eigenvalue weighted by Gasteiger charge is -2.32. The summed E-state index contributed by atoms with van der Waals surface area (Å²) in [6, 6.07) is 9.49. The molecule has 1 amide bonds. The van der Waals surface area contributed by atoms with Gasteiger partial charge < -0.3 is 10.2 Å². The third-order valence-electron chi connectivity index (χ3n) is 4.73. The molecule has 128 valence electrons. The maximum atomic E-state index is 12.5. The molecule has 1 fully saturated rings. The highest BCUT2D eigenvalue weighted by molar-refractivity contribution is 5.94. The van der Waals surface area contributed by atoms with E-state index in [0.29, 0.717) is 5.92 Å². The zero-order chi connectivity index (χ0) is 17.1. The number of benzene rings is 1. The molecule has 0 spiro atoms. The normalized spacial score (nSPS) is 15.4. The third kappa shape index (κ3) is 3.31. The maximum absolute atomic E-state index is 12.5. The lowest BCUT2D eigenvalue weighted by atomic mass is 9.96. The zero-order valence-electron chi connectivity index (χ0n) is 13.9. The molecule has 1 aromatic carbocycles. The monoisotopic (exact) mass is 336 g/mol. The van der Waals surface area contributed by atoms with E-state index in [-0.39, 0.29) is 5.91 Å². The number of hydrogen-bond donors (Lipinski definition) is 2. The fourth-order valence-electron chi connectivity index (χ4n) is 3.25. The Morgan fingerprint density at radius 2 is 2.00 bits per heavy atom. The van der Waals surface area contributed by atoms with Crippen molar-refractivity contribution in [2.24, 2.45) is 5.92 Å². The van der Waals surface area contributed by atoms with E-state index >= 15 is 0 Å². The van der Waals surface area contributed by atoms with Crippen LogP contribution < -0.4 is 5.32 Å². The van der Waals surface area contributed by atoms with Crippen molar-refractivity contribution in [2.45, 2.75) is 12.8 Å². The Morgan fingerprint density at radius 1 is 1.20 bits per heavy atom.